The number of anilines is 2. The van der Waals surface area contributed by atoms with E-state index < -0.39 is 5.91 Å². The van der Waals surface area contributed by atoms with Gasteiger partial charge in [-0.2, -0.15) is 5.26 Å². The normalized spacial score (nSPS) is 9.78. The molecule has 0 fully saturated rings. The molecule has 0 aliphatic carbocycles. The summed E-state index contributed by atoms with van der Waals surface area (Å²) in [5.41, 5.74) is 2.36. The lowest BCUT2D eigenvalue weighted by molar-refractivity contribution is -0.115. The van der Waals surface area contributed by atoms with Crippen molar-refractivity contribution in [1.82, 2.24) is 0 Å². The van der Waals surface area contributed by atoms with E-state index in [1.54, 1.807) is 42.5 Å². The number of hydrogen-bond acceptors (Lipinski definition) is 3. The van der Waals surface area contributed by atoms with Crippen molar-refractivity contribution in [3.63, 3.8) is 0 Å². The molecular formula is C17H14ClN3O2. The summed E-state index contributed by atoms with van der Waals surface area (Å²) in [5.74, 6) is -0.734. The number of rotatable bonds is 4. The van der Waals surface area contributed by atoms with Crippen LogP contribution < -0.4 is 10.6 Å². The largest absolute Gasteiger partial charge is 0.325 e. The van der Waals surface area contributed by atoms with Crippen molar-refractivity contribution in [2.45, 2.75) is 13.3 Å². The van der Waals surface area contributed by atoms with Crippen LogP contribution in [0.5, 0.6) is 0 Å². The van der Waals surface area contributed by atoms with E-state index in [2.05, 4.69) is 10.6 Å². The highest BCUT2D eigenvalue weighted by Gasteiger charge is 2.10. The maximum Gasteiger partial charge on any atom is 0.255 e. The first kappa shape index (κ1) is 16.5. The second kappa shape index (κ2) is 7.43. The first-order valence-electron chi connectivity index (χ1n) is 6.84. The Kier molecular flexibility index (Phi) is 5.34. The second-order valence-corrected chi connectivity index (χ2v) is 5.31. The maximum absolute atomic E-state index is 12.3. The number of nitrogens with zero attached hydrogens (tertiary/aromatic N) is 1. The molecule has 23 heavy (non-hydrogen) atoms. The fraction of sp³-hybridized carbons (Fsp3) is 0.118. The average molecular weight is 328 g/mol. The third-order valence-electron chi connectivity index (χ3n) is 3.10. The van der Waals surface area contributed by atoms with Crippen LogP contribution in [0.1, 0.15) is 22.3 Å². The Hall–Kier alpha value is -2.84. The quantitative estimate of drug-likeness (QED) is 0.897. The molecule has 0 saturated carbocycles. The summed E-state index contributed by atoms with van der Waals surface area (Å²) in [6.45, 7) is 1.87. The molecular weight excluding hydrogens is 314 g/mol. The lowest BCUT2D eigenvalue weighted by atomic mass is 10.1. The molecule has 0 radical (unpaired) electrons. The molecule has 0 spiro atoms. The zero-order valence-corrected chi connectivity index (χ0v) is 13.1. The molecule has 0 bridgehead atoms. The highest BCUT2D eigenvalue weighted by molar-refractivity contribution is 6.31. The first-order chi connectivity index (χ1) is 11.0. The molecule has 2 aromatic rings. The molecule has 0 atom stereocenters. The predicted molar refractivity (Wildman–Crippen MR) is 89.4 cm³/mol. The zero-order chi connectivity index (χ0) is 16.8. The Balaban J connectivity index is 2.15. The summed E-state index contributed by atoms with van der Waals surface area (Å²) >= 11 is 5.93. The molecule has 2 N–H and O–H groups in total. The first-order valence-corrected chi connectivity index (χ1v) is 7.22. The fourth-order valence-corrected chi connectivity index (χ4v) is 2.11. The Morgan fingerprint density at radius 3 is 2.70 bits per heavy atom. The van der Waals surface area contributed by atoms with Crippen molar-refractivity contribution in [3.05, 3.63) is 58.6 Å². The topological polar surface area (TPSA) is 82.0 Å². The summed E-state index contributed by atoms with van der Waals surface area (Å²) in [6.07, 6.45) is -0.238. The van der Waals surface area contributed by atoms with Gasteiger partial charge in [0.05, 0.1) is 6.07 Å². The van der Waals surface area contributed by atoms with E-state index in [-0.39, 0.29) is 12.3 Å². The van der Waals surface area contributed by atoms with Gasteiger partial charge in [-0.1, -0.05) is 23.7 Å². The number of nitrogens with one attached hydrogen (secondary N) is 2. The molecule has 0 unspecified atom stereocenters. The van der Waals surface area contributed by atoms with Gasteiger partial charge >= 0.3 is 0 Å². The third kappa shape index (κ3) is 4.56. The molecule has 2 amide bonds. The minimum atomic E-state index is -0.421. The van der Waals surface area contributed by atoms with Crippen LogP contribution in [0.3, 0.4) is 0 Å². The molecule has 116 valence electrons. The van der Waals surface area contributed by atoms with E-state index in [0.29, 0.717) is 22.0 Å². The number of benzene rings is 2. The van der Waals surface area contributed by atoms with Gasteiger partial charge in [-0.25, -0.2) is 0 Å². The van der Waals surface area contributed by atoms with Crippen molar-refractivity contribution in [1.29, 1.82) is 5.26 Å². The Bertz CT molecular complexity index is 797. The minimum absolute atomic E-state index is 0.238. The third-order valence-corrected chi connectivity index (χ3v) is 3.33. The summed E-state index contributed by atoms with van der Waals surface area (Å²) < 4.78 is 0. The van der Waals surface area contributed by atoms with Crippen LogP contribution in [0, 0.1) is 18.3 Å². The molecule has 0 heterocycles. The molecule has 6 heteroatoms. The van der Waals surface area contributed by atoms with Gasteiger partial charge in [0.1, 0.15) is 6.42 Å². The summed E-state index contributed by atoms with van der Waals surface area (Å²) in [6, 6.07) is 13.5. The van der Waals surface area contributed by atoms with E-state index in [9.17, 15) is 9.59 Å². The van der Waals surface area contributed by atoms with Gasteiger partial charge in [0.15, 0.2) is 0 Å². The number of carbonyl (C=O) groups excluding carboxylic acids is 2. The molecule has 0 aromatic heterocycles. The van der Waals surface area contributed by atoms with Crippen LogP contribution >= 0.6 is 11.6 Å². The molecule has 0 saturated heterocycles. The van der Waals surface area contributed by atoms with Gasteiger partial charge < -0.3 is 10.6 Å². The second-order valence-electron chi connectivity index (χ2n) is 4.88. The van der Waals surface area contributed by atoms with Crippen molar-refractivity contribution in [3.8, 4) is 6.07 Å². The van der Waals surface area contributed by atoms with Crippen molar-refractivity contribution < 1.29 is 9.59 Å². The number of nitriles is 1. The van der Waals surface area contributed by atoms with Gasteiger partial charge in [0, 0.05) is 22.0 Å². The van der Waals surface area contributed by atoms with Gasteiger partial charge in [-0.15, -0.1) is 0 Å². The van der Waals surface area contributed by atoms with Crippen LogP contribution in [0.25, 0.3) is 0 Å². The molecule has 0 aliphatic rings. The van der Waals surface area contributed by atoms with E-state index in [1.807, 2.05) is 13.0 Å². The monoisotopic (exact) mass is 327 g/mol. The minimum Gasteiger partial charge on any atom is -0.325 e. The predicted octanol–water partition coefficient (Wildman–Crippen LogP) is 3.75. The summed E-state index contributed by atoms with van der Waals surface area (Å²) in [4.78, 5) is 23.7. The molecule has 5 nitrogen and oxygen atoms in total. The summed E-state index contributed by atoms with van der Waals surface area (Å²) in [7, 11) is 0. The Labute approximate surface area is 138 Å². The molecule has 2 aromatic carbocycles. The van der Waals surface area contributed by atoms with Crippen LogP contribution in [0.2, 0.25) is 5.02 Å². The van der Waals surface area contributed by atoms with Crippen molar-refractivity contribution in [2.75, 3.05) is 10.6 Å². The highest BCUT2D eigenvalue weighted by Crippen LogP contribution is 2.21. The van der Waals surface area contributed by atoms with Gasteiger partial charge in [-0.05, 0) is 42.8 Å². The van der Waals surface area contributed by atoms with Crippen molar-refractivity contribution >= 4 is 34.8 Å². The zero-order valence-electron chi connectivity index (χ0n) is 12.4. The Morgan fingerprint density at radius 2 is 1.96 bits per heavy atom. The molecule has 2 rings (SSSR count). The maximum atomic E-state index is 12.3. The fourth-order valence-electron chi connectivity index (χ4n) is 1.94. The summed E-state index contributed by atoms with van der Waals surface area (Å²) in [5, 5.41) is 14.4. The number of amides is 2. The number of hydrogen-bond donors (Lipinski definition) is 2. The number of carbonyl (C=O) groups is 2. The van der Waals surface area contributed by atoms with Crippen LogP contribution in [0.4, 0.5) is 11.4 Å². The highest BCUT2D eigenvalue weighted by atomic mass is 35.5. The average Bonchev–Trinajstić information content (AvgIpc) is 2.51. The van der Waals surface area contributed by atoms with Crippen LogP contribution in [0.15, 0.2) is 42.5 Å². The number of halogens is 1. The lowest BCUT2D eigenvalue weighted by Gasteiger charge is -2.10. The van der Waals surface area contributed by atoms with Gasteiger partial charge in [0.25, 0.3) is 5.91 Å². The SMILES string of the molecule is Cc1ccc(Cl)cc1NC(=O)c1cccc(NC(=O)CC#N)c1. The molecule has 0 aliphatic heterocycles. The lowest BCUT2D eigenvalue weighted by Crippen LogP contribution is -2.14. The smallest absolute Gasteiger partial charge is 0.255 e. The van der Waals surface area contributed by atoms with E-state index in [4.69, 9.17) is 16.9 Å². The van der Waals surface area contributed by atoms with Crippen molar-refractivity contribution in [2.24, 2.45) is 0 Å². The van der Waals surface area contributed by atoms with Crippen LogP contribution in [-0.4, -0.2) is 11.8 Å². The number of aryl methyl sites for hydroxylation is 1. The van der Waals surface area contributed by atoms with Crippen LogP contribution in [-0.2, 0) is 4.79 Å². The van der Waals surface area contributed by atoms with E-state index in [0.717, 1.165) is 5.56 Å². The standard InChI is InChI=1S/C17H14ClN3O2/c1-11-5-6-13(18)10-15(11)21-17(23)12-3-2-4-14(9-12)20-16(22)7-8-19/h2-6,9-10H,7H2,1H3,(H,20,22)(H,21,23). The van der Waals surface area contributed by atoms with Gasteiger partial charge in [-0.3, -0.25) is 9.59 Å². The van der Waals surface area contributed by atoms with E-state index >= 15 is 0 Å². The van der Waals surface area contributed by atoms with Gasteiger partial charge in [0.2, 0.25) is 5.91 Å². The van der Waals surface area contributed by atoms with E-state index in [1.165, 1.54) is 0 Å². The Morgan fingerprint density at radius 1 is 1.17 bits per heavy atom.